The van der Waals surface area contributed by atoms with Gasteiger partial charge in [0.05, 0.1) is 17.3 Å². The van der Waals surface area contributed by atoms with Crippen molar-refractivity contribution in [3.05, 3.63) is 51.5 Å². The minimum atomic E-state index is -1.12. The number of aryl methyl sites for hydroxylation is 1. The number of carbonyl (C=O) groups is 1. The number of carboxylic acid groups (broad SMARTS) is 1. The largest absolute Gasteiger partial charge is 0.478 e. The maximum absolute atomic E-state index is 13.9. The molecule has 104 valence electrons. The van der Waals surface area contributed by atoms with Crippen LogP contribution in [0.3, 0.4) is 0 Å². The summed E-state index contributed by atoms with van der Waals surface area (Å²) in [5.74, 6) is -1.64. The van der Waals surface area contributed by atoms with Gasteiger partial charge >= 0.3 is 5.97 Å². The van der Waals surface area contributed by atoms with E-state index in [4.69, 9.17) is 5.11 Å². The molecule has 1 unspecified atom stereocenters. The van der Waals surface area contributed by atoms with Crippen LogP contribution in [0.15, 0.2) is 29.6 Å². The van der Waals surface area contributed by atoms with E-state index in [-0.39, 0.29) is 11.6 Å². The third kappa shape index (κ3) is 2.41. The van der Waals surface area contributed by atoms with Gasteiger partial charge in [0.2, 0.25) is 0 Å². The molecule has 5 heteroatoms. The lowest BCUT2D eigenvalue weighted by Crippen LogP contribution is -2.16. The van der Waals surface area contributed by atoms with Crippen molar-refractivity contribution in [1.29, 1.82) is 0 Å². The van der Waals surface area contributed by atoms with Gasteiger partial charge in [0, 0.05) is 4.88 Å². The number of carboxylic acids is 1. The number of hydrogen-bond donors (Lipinski definition) is 2. The molecular weight excluding hydrogens is 277 g/mol. The summed E-state index contributed by atoms with van der Waals surface area (Å²) < 4.78 is 13.9. The minimum absolute atomic E-state index is 0.0343. The highest BCUT2D eigenvalue weighted by Gasteiger charge is 2.22. The molecule has 2 aromatic rings. The first-order valence-corrected chi connectivity index (χ1v) is 7.39. The summed E-state index contributed by atoms with van der Waals surface area (Å²) in [6.07, 6.45) is 3.13. The molecule has 0 spiro atoms. The molecule has 1 aromatic carbocycles. The second-order valence-electron chi connectivity index (χ2n) is 4.89. The van der Waals surface area contributed by atoms with Gasteiger partial charge < -0.3 is 10.4 Å². The Bertz CT molecular complexity index is 653. The van der Waals surface area contributed by atoms with Crippen molar-refractivity contribution in [3.8, 4) is 0 Å². The van der Waals surface area contributed by atoms with Gasteiger partial charge in [-0.25, -0.2) is 9.18 Å². The Kier molecular flexibility index (Phi) is 3.44. The Labute approximate surface area is 120 Å². The minimum Gasteiger partial charge on any atom is -0.478 e. The molecule has 0 amide bonds. The molecule has 0 fully saturated rings. The Morgan fingerprint density at radius 1 is 1.40 bits per heavy atom. The molecule has 0 saturated carbocycles. The third-order valence-electron chi connectivity index (χ3n) is 3.60. The predicted molar refractivity (Wildman–Crippen MR) is 77.0 cm³/mol. The SMILES string of the molecule is O=C(O)c1ccc(NC2CCCc3sccc32)c(F)c1. The molecule has 1 aromatic heterocycles. The summed E-state index contributed by atoms with van der Waals surface area (Å²) in [5.41, 5.74) is 1.56. The third-order valence-corrected chi connectivity index (χ3v) is 4.59. The molecule has 0 aliphatic heterocycles. The average Bonchev–Trinajstić information content (AvgIpc) is 2.90. The van der Waals surface area contributed by atoms with E-state index in [1.165, 1.54) is 22.6 Å². The zero-order chi connectivity index (χ0) is 14.1. The van der Waals surface area contributed by atoms with Crippen LogP contribution in [0.4, 0.5) is 10.1 Å². The van der Waals surface area contributed by atoms with Gasteiger partial charge in [-0.1, -0.05) is 0 Å². The quantitative estimate of drug-likeness (QED) is 0.896. The van der Waals surface area contributed by atoms with E-state index in [1.54, 1.807) is 11.3 Å². The van der Waals surface area contributed by atoms with Crippen LogP contribution in [0.2, 0.25) is 0 Å². The highest BCUT2D eigenvalue weighted by atomic mass is 32.1. The van der Waals surface area contributed by atoms with Gasteiger partial charge in [0.15, 0.2) is 0 Å². The number of rotatable bonds is 3. The first-order chi connectivity index (χ1) is 9.65. The van der Waals surface area contributed by atoms with E-state index in [2.05, 4.69) is 16.8 Å². The Morgan fingerprint density at radius 3 is 3.00 bits per heavy atom. The number of hydrogen-bond acceptors (Lipinski definition) is 3. The van der Waals surface area contributed by atoms with Crippen LogP contribution in [0.1, 0.15) is 39.7 Å². The lowest BCUT2D eigenvalue weighted by atomic mass is 9.94. The molecule has 1 heterocycles. The molecule has 1 aliphatic rings. The summed E-state index contributed by atoms with van der Waals surface area (Å²) in [5, 5.41) is 14.1. The molecule has 2 N–H and O–H groups in total. The van der Waals surface area contributed by atoms with E-state index in [0.29, 0.717) is 5.69 Å². The molecule has 20 heavy (non-hydrogen) atoms. The molecule has 0 bridgehead atoms. The van der Waals surface area contributed by atoms with Crippen LogP contribution in [0.25, 0.3) is 0 Å². The predicted octanol–water partition coefficient (Wildman–Crippen LogP) is 4.07. The number of benzene rings is 1. The van der Waals surface area contributed by atoms with Gasteiger partial charge in [-0.15, -0.1) is 11.3 Å². The van der Waals surface area contributed by atoms with E-state index in [0.717, 1.165) is 25.3 Å². The number of thiophene rings is 1. The number of nitrogens with one attached hydrogen (secondary N) is 1. The lowest BCUT2D eigenvalue weighted by Gasteiger charge is -2.25. The van der Waals surface area contributed by atoms with Crippen LogP contribution < -0.4 is 5.32 Å². The van der Waals surface area contributed by atoms with Crippen LogP contribution >= 0.6 is 11.3 Å². The Hall–Kier alpha value is -1.88. The van der Waals surface area contributed by atoms with Crippen LogP contribution in [0, 0.1) is 5.82 Å². The maximum atomic E-state index is 13.9. The molecule has 1 atom stereocenters. The van der Waals surface area contributed by atoms with Gasteiger partial charge in [-0.2, -0.15) is 0 Å². The number of anilines is 1. The second kappa shape index (κ2) is 5.25. The van der Waals surface area contributed by atoms with Crippen molar-refractivity contribution in [2.75, 3.05) is 5.32 Å². The maximum Gasteiger partial charge on any atom is 0.335 e. The number of fused-ring (bicyclic) bond motifs is 1. The van der Waals surface area contributed by atoms with E-state index < -0.39 is 11.8 Å². The molecule has 0 saturated heterocycles. The highest BCUT2D eigenvalue weighted by Crippen LogP contribution is 2.36. The second-order valence-corrected chi connectivity index (χ2v) is 5.89. The fraction of sp³-hybridized carbons (Fsp3) is 0.267. The summed E-state index contributed by atoms with van der Waals surface area (Å²) in [6, 6.07) is 6.17. The highest BCUT2D eigenvalue weighted by molar-refractivity contribution is 7.10. The van der Waals surface area contributed by atoms with Crippen molar-refractivity contribution < 1.29 is 14.3 Å². The zero-order valence-corrected chi connectivity index (χ0v) is 11.5. The first-order valence-electron chi connectivity index (χ1n) is 6.51. The van der Waals surface area contributed by atoms with Crippen molar-refractivity contribution >= 4 is 23.0 Å². The molecule has 0 radical (unpaired) electrons. The van der Waals surface area contributed by atoms with Gasteiger partial charge in [-0.05, 0) is 54.5 Å². The van der Waals surface area contributed by atoms with Gasteiger partial charge in [0.25, 0.3) is 0 Å². The molecule has 1 aliphatic carbocycles. The normalized spacial score (nSPS) is 17.6. The molecule has 3 rings (SSSR count). The van der Waals surface area contributed by atoms with E-state index in [9.17, 15) is 9.18 Å². The lowest BCUT2D eigenvalue weighted by molar-refractivity contribution is 0.0696. The average molecular weight is 291 g/mol. The Balaban J connectivity index is 1.84. The van der Waals surface area contributed by atoms with Crippen LogP contribution in [-0.4, -0.2) is 11.1 Å². The summed E-state index contributed by atoms with van der Waals surface area (Å²) in [4.78, 5) is 12.2. The van der Waals surface area contributed by atoms with Crippen molar-refractivity contribution in [1.82, 2.24) is 0 Å². The number of halogens is 1. The van der Waals surface area contributed by atoms with Crippen molar-refractivity contribution in [2.45, 2.75) is 25.3 Å². The fourth-order valence-corrected chi connectivity index (χ4v) is 3.58. The topological polar surface area (TPSA) is 49.3 Å². The standard InChI is InChI=1S/C15H14FNO2S/c16-11-8-9(15(18)19)4-5-13(11)17-12-2-1-3-14-10(12)6-7-20-14/h4-8,12,17H,1-3H2,(H,18,19). The van der Waals surface area contributed by atoms with E-state index in [1.807, 2.05) is 0 Å². The zero-order valence-electron chi connectivity index (χ0n) is 10.7. The fourth-order valence-electron chi connectivity index (χ4n) is 2.59. The van der Waals surface area contributed by atoms with Crippen molar-refractivity contribution in [3.63, 3.8) is 0 Å². The summed E-state index contributed by atoms with van der Waals surface area (Å²) >= 11 is 1.74. The van der Waals surface area contributed by atoms with Crippen LogP contribution in [0.5, 0.6) is 0 Å². The summed E-state index contributed by atoms with van der Waals surface area (Å²) in [7, 11) is 0. The smallest absolute Gasteiger partial charge is 0.335 e. The first kappa shape index (κ1) is 13.1. The molecule has 3 nitrogen and oxygen atoms in total. The Morgan fingerprint density at radius 2 is 2.25 bits per heavy atom. The molecular formula is C15H14FNO2S. The van der Waals surface area contributed by atoms with E-state index >= 15 is 0 Å². The van der Waals surface area contributed by atoms with Crippen molar-refractivity contribution in [2.24, 2.45) is 0 Å². The van der Waals surface area contributed by atoms with Gasteiger partial charge in [-0.3, -0.25) is 0 Å². The summed E-state index contributed by atoms with van der Waals surface area (Å²) in [6.45, 7) is 0. The monoisotopic (exact) mass is 291 g/mol. The number of aromatic carboxylic acids is 1. The van der Waals surface area contributed by atoms with Crippen LogP contribution in [-0.2, 0) is 6.42 Å². The van der Waals surface area contributed by atoms with Gasteiger partial charge in [0.1, 0.15) is 5.82 Å².